The summed E-state index contributed by atoms with van der Waals surface area (Å²) in [5.74, 6) is -0.0989. The first-order chi connectivity index (χ1) is 10.6. The molecule has 2 aromatic carbocycles. The zero-order valence-electron chi connectivity index (χ0n) is 11.9. The highest BCUT2D eigenvalue weighted by molar-refractivity contribution is 6.03. The monoisotopic (exact) mass is 295 g/mol. The van der Waals surface area contributed by atoms with Crippen LogP contribution >= 0.6 is 0 Å². The number of anilines is 1. The van der Waals surface area contributed by atoms with Crippen molar-refractivity contribution in [3.8, 4) is 11.3 Å². The average molecular weight is 295 g/mol. The summed E-state index contributed by atoms with van der Waals surface area (Å²) in [6.07, 6.45) is 0. The van der Waals surface area contributed by atoms with E-state index in [0.29, 0.717) is 17.1 Å². The lowest BCUT2D eigenvalue weighted by molar-refractivity contribution is 0.102. The molecule has 0 radical (unpaired) electrons. The fourth-order valence-electron chi connectivity index (χ4n) is 2.06. The molecule has 0 bridgehead atoms. The largest absolute Gasteiger partial charge is 0.305 e. The molecular formula is C17H14FN3O. The van der Waals surface area contributed by atoms with Gasteiger partial charge in [0.1, 0.15) is 5.82 Å². The summed E-state index contributed by atoms with van der Waals surface area (Å²) in [5, 5.41) is 9.59. The normalized spacial score (nSPS) is 10.5. The molecular weight excluding hydrogens is 281 g/mol. The number of nitrogens with one attached hydrogen (secondary N) is 2. The summed E-state index contributed by atoms with van der Waals surface area (Å²) in [6, 6.07) is 15.0. The molecule has 5 heteroatoms. The van der Waals surface area contributed by atoms with Crippen LogP contribution in [0.2, 0.25) is 0 Å². The molecule has 1 heterocycles. The van der Waals surface area contributed by atoms with Gasteiger partial charge in [-0.3, -0.25) is 9.89 Å². The molecule has 0 fully saturated rings. The van der Waals surface area contributed by atoms with E-state index in [0.717, 1.165) is 11.1 Å². The molecule has 2 N–H and O–H groups in total. The van der Waals surface area contributed by atoms with Crippen molar-refractivity contribution in [2.75, 3.05) is 5.32 Å². The van der Waals surface area contributed by atoms with Crippen LogP contribution in [0.5, 0.6) is 0 Å². The summed E-state index contributed by atoms with van der Waals surface area (Å²) in [6.45, 7) is 1.96. The Balaban J connectivity index is 1.75. The number of hydrogen-bond donors (Lipinski definition) is 2. The van der Waals surface area contributed by atoms with Gasteiger partial charge in [-0.15, -0.1) is 0 Å². The van der Waals surface area contributed by atoms with Crippen LogP contribution in [0.25, 0.3) is 11.3 Å². The SMILES string of the molecule is Cc1ccc(C(=O)Nc2cc(-c3ccc(F)cc3)[nH]n2)cc1. The molecule has 0 aliphatic carbocycles. The Morgan fingerprint density at radius 3 is 2.45 bits per heavy atom. The van der Waals surface area contributed by atoms with Gasteiger partial charge in [0, 0.05) is 11.6 Å². The van der Waals surface area contributed by atoms with Gasteiger partial charge in [-0.1, -0.05) is 17.7 Å². The van der Waals surface area contributed by atoms with Crippen molar-refractivity contribution >= 4 is 11.7 Å². The molecule has 110 valence electrons. The Labute approximate surface area is 127 Å². The van der Waals surface area contributed by atoms with E-state index in [4.69, 9.17) is 0 Å². The smallest absolute Gasteiger partial charge is 0.256 e. The molecule has 0 unspecified atom stereocenters. The number of carbonyl (C=O) groups excluding carboxylic acids is 1. The molecule has 3 rings (SSSR count). The maximum absolute atomic E-state index is 12.9. The number of aromatic amines is 1. The fraction of sp³-hybridized carbons (Fsp3) is 0.0588. The van der Waals surface area contributed by atoms with Gasteiger partial charge in [-0.05, 0) is 48.9 Å². The molecule has 1 amide bonds. The molecule has 0 aliphatic rings. The minimum Gasteiger partial charge on any atom is -0.305 e. The zero-order chi connectivity index (χ0) is 15.5. The van der Waals surface area contributed by atoms with Crippen molar-refractivity contribution in [1.82, 2.24) is 10.2 Å². The Bertz CT molecular complexity index is 792. The lowest BCUT2D eigenvalue weighted by Crippen LogP contribution is -2.11. The molecule has 1 aromatic heterocycles. The highest BCUT2D eigenvalue weighted by Crippen LogP contribution is 2.20. The molecule has 0 aliphatic heterocycles. The van der Waals surface area contributed by atoms with E-state index in [2.05, 4.69) is 15.5 Å². The van der Waals surface area contributed by atoms with Crippen LogP contribution in [-0.2, 0) is 0 Å². The fourth-order valence-corrected chi connectivity index (χ4v) is 2.06. The number of aromatic nitrogens is 2. The lowest BCUT2D eigenvalue weighted by atomic mass is 10.1. The average Bonchev–Trinajstić information content (AvgIpc) is 2.97. The standard InChI is InChI=1S/C17H14FN3O/c1-11-2-4-13(5-3-11)17(22)19-16-10-15(20-21-16)12-6-8-14(18)9-7-12/h2-10H,1H3,(H2,19,20,21,22). The summed E-state index contributed by atoms with van der Waals surface area (Å²) < 4.78 is 12.9. The summed E-state index contributed by atoms with van der Waals surface area (Å²) in [5.41, 5.74) is 3.16. The van der Waals surface area contributed by atoms with Crippen molar-refractivity contribution < 1.29 is 9.18 Å². The van der Waals surface area contributed by atoms with Gasteiger partial charge in [-0.2, -0.15) is 5.10 Å². The van der Waals surface area contributed by atoms with Gasteiger partial charge in [0.25, 0.3) is 5.91 Å². The molecule has 22 heavy (non-hydrogen) atoms. The number of hydrogen-bond acceptors (Lipinski definition) is 2. The van der Waals surface area contributed by atoms with Crippen molar-refractivity contribution in [3.05, 3.63) is 71.5 Å². The Kier molecular flexibility index (Phi) is 3.70. The first-order valence-corrected chi connectivity index (χ1v) is 6.81. The van der Waals surface area contributed by atoms with E-state index in [9.17, 15) is 9.18 Å². The maximum atomic E-state index is 12.9. The Hall–Kier alpha value is -2.95. The van der Waals surface area contributed by atoms with Crippen LogP contribution < -0.4 is 5.32 Å². The number of aryl methyl sites for hydroxylation is 1. The number of nitrogens with zero attached hydrogens (tertiary/aromatic N) is 1. The van der Waals surface area contributed by atoms with E-state index in [1.54, 1.807) is 30.3 Å². The van der Waals surface area contributed by atoms with Gasteiger partial charge in [0.2, 0.25) is 0 Å². The quantitative estimate of drug-likeness (QED) is 0.772. The highest BCUT2D eigenvalue weighted by atomic mass is 19.1. The molecule has 0 saturated carbocycles. The van der Waals surface area contributed by atoms with Crippen molar-refractivity contribution in [3.63, 3.8) is 0 Å². The van der Waals surface area contributed by atoms with Crippen LogP contribution in [0.15, 0.2) is 54.6 Å². The van der Waals surface area contributed by atoms with Crippen molar-refractivity contribution in [2.45, 2.75) is 6.92 Å². The van der Waals surface area contributed by atoms with E-state index < -0.39 is 0 Å². The predicted molar refractivity (Wildman–Crippen MR) is 83.1 cm³/mol. The topological polar surface area (TPSA) is 57.8 Å². The third kappa shape index (κ3) is 3.03. The van der Waals surface area contributed by atoms with E-state index >= 15 is 0 Å². The van der Waals surface area contributed by atoms with Gasteiger partial charge in [0.15, 0.2) is 5.82 Å². The Morgan fingerprint density at radius 2 is 1.77 bits per heavy atom. The van der Waals surface area contributed by atoms with Crippen LogP contribution in [0, 0.1) is 12.7 Å². The summed E-state index contributed by atoms with van der Waals surface area (Å²) in [7, 11) is 0. The van der Waals surface area contributed by atoms with Gasteiger partial charge < -0.3 is 5.32 Å². The minimum absolute atomic E-state index is 0.225. The minimum atomic E-state index is -0.295. The molecule has 0 saturated heterocycles. The number of H-pyrrole nitrogens is 1. The second kappa shape index (κ2) is 5.81. The third-order valence-electron chi connectivity index (χ3n) is 3.29. The second-order valence-electron chi connectivity index (χ2n) is 4.99. The number of rotatable bonds is 3. The molecule has 0 atom stereocenters. The summed E-state index contributed by atoms with van der Waals surface area (Å²) >= 11 is 0. The van der Waals surface area contributed by atoms with Gasteiger partial charge in [-0.25, -0.2) is 4.39 Å². The zero-order valence-corrected chi connectivity index (χ0v) is 11.9. The van der Waals surface area contributed by atoms with Crippen LogP contribution in [-0.4, -0.2) is 16.1 Å². The van der Waals surface area contributed by atoms with E-state index in [1.807, 2.05) is 19.1 Å². The molecule has 3 aromatic rings. The number of benzene rings is 2. The predicted octanol–water partition coefficient (Wildman–Crippen LogP) is 3.78. The van der Waals surface area contributed by atoms with E-state index in [1.165, 1.54) is 12.1 Å². The summed E-state index contributed by atoms with van der Waals surface area (Å²) in [4.78, 5) is 12.1. The van der Waals surface area contributed by atoms with Crippen LogP contribution in [0.1, 0.15) is 15.9 Å². The van der Waals surface area contributed by atoms with Gasteiger partial charge in [0.05, 0.1) is 5.69 Å². The van der Waals surface area contributed by atoms with Crippen molar-refractivity contribution in [2.24, 2.45) is 0 Å². The maximum Gasteiger partial charge on any atom is 0.256 e. The van der Waals surface area contributed by atoms with Gasteiger partial charge >= 0.3 is 0 Å². The highest BCUT2D eigenvalue weighted by Gasteiger charge is 2.09. The molecule has 4 nitrogen and oxygen atoms in total. The number of carbonyl (C=O) groups is 1. The van der Waals surface area contributed by atoms with Crippen LogP contribution in [0.3, 0.4) is 0 Å². The first-order valence-electron chi connectivity index (χ1n) is 6.81. The number of amides is 1. The second-order valence-corrected chi connectivity index (χ2v) is 4.99. The van der Waals surface area contributed by atoms with E-state index in [-0.39, 0.29) is 11.7 Å². The Morgan fingerprint density at radius 1 is 1.09 bits per heavy atom. The number of halogens is 1. The lowest BCUT2D eigenvalue weighted by Gasteiger charge is -2.01. The van der Waals surface area contributed by atoms with Crippen LogP contribution in [0.4, 0.5) is 10.2 Å². The van der Waals surface area contributed by atoms with Crippen molar-refractivity contribution in [1.29, 1.82) is 0 Å². The first kappa shape index (κ1) is 14.0. The third-order valence-corrected chi connectivity index (χ3v) is 3.29. The molecule has 0 spiro atoms.